The highest BCUT2D eigenvalue weighted by Crippen LogP contribution is 2.48. The molecule has 3 N–H and O–H groups in total. The quantitative estimate of drug-likeness (QED) is 0.264. The van der Waals surface area contributed by atoms with E-state index in [0.717, 1.165) is 53.8 Å². The van der Waals surface area contributed by atoms with E-state index in [9.17, 15) is 9.90 Å². The number of pyridine rings is 1. The first kappa shape index (κ1) is 30.6. The Hall–Kier alpha value is -2.85. The number of carbonyl (C=O) groups excluding carboxylic acids is 1. The fourth-order valence-electron chi connectivity index (χ4n) is 5.93. The molecule has 2 aromatic heterocycles. The SMILES string of the molecule is CCOCC(=O)N[C@@H](Cc1cccc(-c2nccs2)c1)[C@@H](O)CN[C@H]1CC2(CCC2)Oc2ncc(CC(C)(C)C)cc21. The van der Waals surface area contributed by atoms with Crippen molar-refractivity contribution in [2.24, 2.45) is 5.41 Å². The summed E-state index contributed by atoms with van der Waals surface area (Å²) in [6.07, 6.45) is 8.33. The van der Waals surface area contributed by atoms with Gasteiger partial charge in [0.1, 0.15) is 17.2 Å². The number of nitrogens with zero attached hydrogens (tertiary/aromatic N) is 2. The number of carbonyl (C=O) groups is 1. The molecule has 1 aliphatic carbocycles. The number of aromatic nitrogens is 2. The molecule has 3 aromatic rings. The van der Waals surface area contributed by atoms with Gasteiger partial charge in [-0.3, -0.25) is 4.79 Å². The van der Waals surface area contributed by atoms with Crippen LogP contribution >= 0.6 is 11.3 Å². The second-order valence-corrected chi connectivity index (χ2v) is 13.8. The van der Waals surface area contributed by atoms with Gasteiger partial charge >= 0.3 is 0 Å². The van der Waals surface area contributed by atoms with Gasteiger partial charge in [-0.15, -0.1) is 11.3 Å². The lowest BCUT2D eigenvalue weighted by Gasteiger charge is -2.47. The Balaban J connectivity index is 1.33. The summed E-state index contributed by atoms with van der Waals surface area (Å²) in [6, 6.07) is 9.85. The van der Waals surface area contributed by atoms with E-state index < -0.39 is 12.1 Å². The zero-order chi connectivity index (χ0) is 29.7. The van der Waals surface area contributed by atoms with Crippen LogP contribution in [-0.4, -0.2) is 58.5 Å². The Bertz CT molecular complexity index is 1340. The number of aliphatic hydroxyl groups is 1. The number of ether oxygens (including phenoxy) is 2. The highest BCUT2D eigenvalue weighted by molar-refractivity contribution is 7.13. The van der Waals surface area contributed by atoms with E-state index in [1.807, 2.05) is 36.7 Å². The molecule has 1 saturated carbocycles. The molecule has 42 heavy (non-hydrogen) atoms. The van der Waals surface area contributed by atoms with Gasteiger partial charge in [0.2, 0.25) is 11.8 Å². The zero-order valence-corrected chi connectivity index (χ0v) is 26.0. The molecule has 1 aromatic carbocycles. The van der Waals surface area contributed by atoms with Crippen LogP contribution in [0.5, 0.6) is 5.88 Å². The van der Waals surface area contributed by atoms with Gasteiger partial charge in [-0.2, -0.15) is 0 Å². The molecule has 0 radical (unpaired) electrons. The van der Waals surface area contributed by atoms with Crippen LogP contribution in [0.3, 0.4) is 0 Å². The summed E-state index contributed by atoms with van der Waals surface area (Å²) < 4.78 is 11.8. The number of hydrogen-bond acceptors (Lipinski definition) is 8. The van der Waals surface area contributed by atoms with E-state index in [-0.39, 0.29) is 29.6 Å². The summed E-state index contributed by atoms with van der Waals surface area (Å²) >= 11 is 1.59. The van der Waals surface area contributed by atoms with Crippen LogP contribution in [0.4, 0.5) is 0 Å². The Morgan fingerprint density at radius 3 is 2.76 bits per heavy atom. The maximum absolute atomic E-state index is 12.7. The Morgan fingerprint density at radius 1 is 1.24 bits per heavy atom. The van der Waals surface area contributed by atoms with E-state index in [1.165, 1.54) is 5.56 Å². The minimum Gasteiger partial charge on any atom is -0.471 e. The van der Waals surface area contributed by atoms with Crippen LogP contribution in [0.25, 0.3) is 10.6 Å². The first-order chi connectivity index (χ1) is 20.1. The van der Waals surface area contributed by atoms with Gasteiger partial charge in [0.25, 0.3) is 0 Å². The Morgan fingerprint density at radius 2 is 2.07 bits per heavy atom. The van der Waals surface area contributed by atoms with Crippen molar-refractivity contribution in [3.05, 3.63) is 64.8 Å². The Kier molecular flexibility index (Phi) is 9.62. The molecule has 0 unspecified atom stereocenters. The largest absolute Gasteiger partial charge is 0.471 e. The summed E-state index contributed by atoms with van der Waals surface area (Å²) in [5.41, 5.74) is 4.23. The molecule has 1 aliphatic heterocycles. The predicted molar refractivity (Wildman–Crippen MR) is 166 cm³/mol. The molecule has 0 saturated heterocycles. The fraction of sp³-hybridized carbons (Fsp3) is 0.545. The van der Waals surface area contributed by atoms with Gasteiger partial charge in [-0.1, -0.05) is 39.0 Å². The molecule has 1 fully saturated rings. The molecule has 226 valence electrons. The number of thiazole rings is 1. The molecule has 0 bridgehead atoms. The first-order valence-corrected chi connectivity index (χ1v) is 16.0. The third kappa shape index (κ3) is 7.75. The monoisotopic (exact) mass is 592 g/mol. The summed E-state index contributed by atoms with van der Waals surface area (Å²) in [5.74, 6) is 0.462. The van der Waals surface area contributed by atoms with Crippen molar-refractivity contribution in [1.29, 1.82) is 0 Å². The van der Waals surface area contributed by atoms with Crippen molar-refractivity contribution in [2.45, 2.75) is 90.0 Å². The van der Waals surface area contributed by atoms with Gasteiger partial charge in [0, 0.05) is 54.5 Å². The molecule has 3 heterocycles. The second-order valence-electron chi connectivity index (χ2n) is 12.9. The van der Waals surface area contributed by atoms with Crippen molar-refractivity contribution in [2.75, 3.05) is 19.8 Å². The van der Waals surface area contributed by atoms with Gasteiger partial charge in [0.15, 0.2) is 0 Å². The molecule has 8 nitrogen and oxygen atoms in total. The zero-order valence-electron chi connectivity index (χ0n) is 25.2. The minimum absolute atomic E-state index is 0.00382. The lowest BCUT2D eigenvalue weighted by Crippen LogP contribution is -2.52. The van der Waals surface area contributed by atoms with Crippen LogP contribution in [0.15, 0.2) is 48.1 Å². The molecule has 1 amide bonds. The third-order valence-corrected chi connectivity index (χ3v) is 8.90. The Labute approximate surface area is 253 Å². The highest BCUT2D eigenvalue weighted by atomic mass is 32.1. The van der Waals surface area contributed by atoms with Crippen LogP contribution in [-0.2, 0) is 22.4 Å². The average molecular weight is 593 g/mol. The van der Waals surface area contributed by atoms with Crippen molar-refractivity contribution < 1.29 is 19.4 Å². The van der Waals surface area contributed by atoms with Crippen LogP contribution in [0.2, 0.25) is 0 Å². The van der Waals surface area contributed by atoms with Crippen molar-refractivity contribution in [3.8, 4) is 16.5 Å². The van der Waals surface area contributed by atoms with E-state index in [4.69, 9.17) is 14.5 Å². The first-order valence-electron chi connectivity index (χ1n) is 15.1. The summed E-state index contributed by atoms with van der Waals surface area (Å²) in [5, 5.41) is 21.1. The summed E-state index contributed by atoms with van der Waals surface area (Å²) in [6.45, 7) is 9.27. The predicted octanol–water partition coefficient (Wildman–Crippen LogP) is 5.25. The van der Waals surface area contributed by atoms with Crippen molar-refractivity contribution in [1.82, 2.24) is 20.6 Å². The minimum atomic E-state index is -0.826. The second kappa shape index (κ2) is 13.2. The van der Waals surface area contributed by atoms with E-state index in [2.05, 4.69) is 48.5 Å². The van der Waals surface area contributed by atoms with Crippen LogP contribution < -0.4 is 15.4 Å². The fourth-order valence-corrected chi connectivity index (χ4v) is 6.57. The van der Waals surface area contributed by atoms with Gasteiger partial charge in [0.05, 0.1) is 12.1 Å². The van der Waals surface area contributed by atoms with Gasteiger partial charge in [-0.25, -0.2) is 9.97 Å². The molecular formula is C33H44N4O4S. The molecule has 5 rings (SSSR count). The van der Waals surface area contributed by atoms with Crippen molar-refractivity contribution >= 4 is 17.2 Å². The smallest absolute Gasteiger partial charge is 0.246 e. The molecule has 1 spiro atoms. The number of rotatable bonds is 12. The normalized spacial score (nSPS) is 18.9. The highest BCUT2D eigenvalue weighted by Gasteiger charge is 2.46. The maximum atomic E-state index is 12.7. The number of aliphatic hydroxyl groups excluding tert-OH is 1. The standard InChI is InChI=1S/C33H44N4O4S/c1-5-40-21-29(39)37-26(16-22-8-6-9-24(14-22)31-34-12-13-42-31)28(38)20-35-27-18-33(10-7-11-33)41-30-25(27)15-23(19-36-30)17-32(2,3)4/h6,8-9,12-15,19,26-28,35,38H,5,7,10-11,16-18,20-21H2,1-4H3,(H,37,39)/t26-,27-,28-/m0/s1. The molecule has 3 atom stereocenters. The van der Waals surface area contributed by atoms with E-state index >= 15 is 0 Å². The number of amides is 1. The summed E-state index contributed by atoms with van der Waals surface area (Å²) in [4.78, 5) is 21.9. The topological polar surface area (TPSA) is 106 Å². The van der Waals surface area contributed by atoms with Crippen LogP contribution in [0.1, 0.15) is 76.1 Å². The summed E-state index contributed by atoms with van der Waals surface area (Å²) in [7, 11) is 0. The van der Waals surface area contributed by atoms with Crippen LogP contribution in [0, 0.1) is 5.41 Å². The lowest BCUT2D eigenvalue weighted by molar-refractivity contribution is -0.127. The van der Waals surface area contributed by atoms with Crippen molar-refractivity contribution in [3.63, 3.8) is 0 Å². The third-order valence-electron chi connectivity index (χ3n) is 8.08. The average Bonchev–Trinajstić information content (AvgIpc) is 3.48. The number of fused-ring (bicyclic) bond motifs is 1. The number of nitrogens with one attached hydrogen (secondary N) is 2. The lowest BCUT2D eigenvalue weighted by atomic mass is 9.73. The number of benzene rings is 1. The number of hydrogen-bond donors (Lipinski definition) is 3. The van der Waals surface area contributed by atoms with Gasteiger partial charge in [-0.05, 0) is 67.7 Å². The van der Waals surface area contributed by atoms with Gasteiger partial charge < -0.3 is 25.2 Å². The van der Waals surface area contributed by atoms with E-state index in [0.29, 0.717) is 25.5 Å². The molecule has 9 heteroatoms. The molecular weight excluding hydrogens is 548 g/mol. The molecule has 2 aliphatic rings. The van der Waals surface area contributed by atoms with E-state index in [1.54, 1.807) is 17.5 Å². The maximum Gasteiger partial charge on any atom is 0.246 e.